The Hall–Kier alpha value is -3.17. The van der Waals surface area contributed by atoms with Gasteiger partial charge in [-0.25, -0.2) is 9.59 Å². The number of thioether (sulfide) groups is 1. The first-order valence-corrected chi connectivity index (χ1v) is 8.68. The van der Waals surface area contributed by atoms with E-state index < -0.39 is 23.6 Å². The second-order valence-electron chi connectivity index (χ2n) is 5.45. The Morgan fingerprint density at radius 2 is 1.70 bits per heavy atom. The van der Waals surface area contributed by atoms with Crippen LogP contribution in [0.3, 0.4) is 0 Å². The van der Waals surface area contributed by atoms with Gasteiger partial charge in [0.2, 0.25) is 0 Å². The average Bonchev–Trinajstić information content (AvgIpc) is 2.88. The van der Waals surface area contributed by atoms with Crippen LogP contribution < -0.4 is 4.90 Å². The van der Waals surface area contributed by atoms with Crippen molar-refractivity contribution in [2.24, 2.45) is 0 Å². The highest BCUT2D eigenvalue weighted by Gasteiger charge is 2.33. The minimum absolute atomic E-state index is 0.133. The van der Waals surface area contributed by atoms with Crippen LogP contribution in [0.15, 0.2) is 47.4 Å². The Labute approximate surface area is 162 Å². The summed E-state index contributed by atoms with van der Waals surface area (Å²) in [7, 11) is 0. The fraction of sp³-hybridized carbons (Fsp3) is 0. The molecule has 0 atom stereocenters. The van der Waals surface area contributed by atoms with Gasteiger partial charge in [-0.1, -0.05) is 36.1 Å². The minimum Gasteiger partial charge on any atom is -0.507 e. The molecule has 2 aromatic rings. The zero-order chi connectivity index (χ0) is 19.7. The van der Waals surface area contributed by atoms with Gasteiger partial charge in [0, 0.05) is 6.07 Å². The van der Waals surface area contributed by atoms with Crippen LogP contribution in [0.5, 0.6) is 5.75 Å². The molecule has 1 saturated heterocycles. The summed E-state index contributed by atoms with van der Waals surface area (Å²) in [6.07, 6.45) is 1.58. The van der Waals surface area contributed by atoms with E-state index >= 15 is 0 Å². The molecule has 3 N–H and O–H groups in total. The number of amides is 1. The lowest BCUT2D eigenvalue weighted by Gasteiger charge is -2.15. The van der Waals surface area contributed by atoms with E-state index in [0.717, 1.165) is 11.8 Å². The normalized spacial score (nSPS) is 15.4. The number of nitrogens with zero attached hydrogens (tertiary/aromatic N) is 1. The lowest BCUT2D eigenvalue weighted by Crippen LogP contribution is -2.27. The number of carboxylic acids is 2. The molecule has 1 fully saturated rings. The van der Waals surface area contributed by atoms with Gasteiger partial charge in [0.05, 0.1) is 16.2 Å². The fourth-order valence-electron chi connectivity index (χ4n) is 2.40. The third kappa shape index (κ3) is 3.69. The van der Waals surface area contributed by atoms with Gasteiger partial charge in [0.25, 0.3) is 5.91 Å². The number of rotatable bonds is 4. The topological polar surface area (TPSA) is 115 Å². The van der Waals surface area contributed by atoms with Crippen molar-refractivity contribution in [2.75, 3.05) is 4.90 Å². The molecule has 3 rings (SSSR count). The smallest absolute Gasteiger partial charge is 0.339 e. The van der Waals surface area contributed by atoms with E-state index in [9.17, 15) is 19.5 Å². The molecule has 2 aromatic carbocycles. The SMILES string of the molecule is O=C(O)c1ccc(C=C2SC(=S)N(c3ccc(C(=O)O)c(O)c3)C2=O)cc1. The molecule has 1 aliphatic rings. The number of anilines is 1. The molecule has 0 unspecified atom stereocenters. The molecule has 9 heteroatoms. The number of aromatic carboxylic acids is 2. The summed E-state index contributed by atoms with van der Waals surface area (Å²) in [5, 5.41) is 27.7. The summed E-state index contributed by atoms with van der Waals surface area (Å²) in [5.74, 6) is -3.22. The quantitative estimate of drug-likeness (QED) is 0.528. The molecule has 0 aromatic heterocycles. The van der Waals surface area contributed by atoms with Crippen molar-refractivity contribution in [3.8, 4) is 5.75 Å². The number of hydrogen-bond acceptors (Lipinski definition) is 6. The van der Waals surface area contributed by atoms with Crippen LogP contribution in [0.2, 0.25) is 0 Å². The van der Waals surface area contributed by atoms with Crippen molar-refractivity contribution in [3.05, 3.63) is 64.1 Å². The van der Waals surface area contributed by atoms with Gasteiger partial charge in [-0.2, -0.15) is 0 Å². The number of thiocarbonyl (C=S) groups is 1. The van der Waals surface area contributed by atoms with Crippen molar-refractivity contribution in [3.63, 3.8) is 0 Å². The number of hydrogen-bond donors (Lipinski definition) is 3. The predicted octanol–water partition coefficient (Wildman–Crippen LogP) is 3.19. The number of carboxylic acid groups (broad SMARTS) is 2. The third-order valence-electron chi connectivity index (χ3n) is 3.72. The third-order valence-corrected chi connectivity index (χ3v) is 5.02. The highest BCUT2D eigenvalue weighted by Crippen LogP contribution is 2.37. The first kappa shape index (κ1) is 18.6. The summed E-state index contributed by atoms with van der Waals surface area (Å²) in [6, 6.07) is 9.75. The second kappa shape index (κ2) is 7.22. The van der Waals surface area contributed by atoms with Crippen LogP contribution in [0.1, 0.15) is 26.3 Å². The molecule has 1 amide bonds. The van der Waals surface area contributed by atoms with Gasteiger partial charge < -0.3 is 15.3 Å². The Bertz CT molecular complexity index is 1010. The molecule has 0 radical (unpaired) electrons. The van der Waals surface area contributed by atoms with E-state index in [-0.39, 0.29) is 21.1 Å². The summed E-state index contributed by atoms with van der Waals surface area (Å²) in [5.41, 5.74) is 0.737. The number of aromatic hydroxyl groups is 1. The van der Waals surface area contributed by atoms with Gasteiger partial charge in [-0.05, 0) is 35.9 Å². The fourth-order valence-corrected chi connectivity index (χ4v) is 3.70. The molecule has 0 saturated carbocycles. The summed E-state index contributed by atoms with van der Waals surface area (Å²) < 4.78 is 0.232. The molecule has 1 heterocycles. The van der Waals surface area contributed by atoms with Crippen molar-refractivity contribution < 1.29 is 29.7 Å². The van der Waals surface area contributed by atoms with Crippen LogP contribution in [-0.2, 0) is 4.79 Å². The number of carbonyl (C=O) groups excluding carboxylic acids is 1. The van der Waals surface area contributed by atoms with Crippen LogP contribution in [0, 0.1) is 0 Å². The Morgan fingerprint density at radius 1 is 1.04 bits per heavy atom. The number of carbonyl (C=O) groups is 3. The average molecular weight is 401 g/mol. The predicted molar refractivity (Wildman–Crippen MR) is 104 cm³/mol. The van der Waals surface area contributed by atoms with E-state index in [0.29, 0.717) is 10.5 Å². The van der Waals surface area contributed by atoms with Gasteiger partial charge >= 0.3 is 11.9 Å². The molecule has 0 bridgehead atoms. The first-order chi connectivity index (χ1) is 12.8. The molecule has 0 aliphatic carbocycles. The molecule has 0 spiro atoms. The highest BCUT2D eigenvalue weighted by molar-refractivity contribution is 8.27. The maximum atomic E-state index is 12.7. The van der Waals surface area contributed by atoms with E-state index in [1.807, 2.05) is 0 Å². The maximum Gasteiger partial charge on any atom is 0.339 e. The summed E-state index contributed by atoms with van der Waals surface area (Å²) in [4.78, 5) is 36.1. The lowest BCUT2D eigenvalue weighted by molar-refractivity contribution is -0.113. The van der Waals surface area contributed by atoms with Crippen LogP contribution in [0.4, 0.5) is 5.69 Å². The molecule has 1 aliphatic heterocycles. The lowest BCUT2D eigenvalue weighted by atomic mass is 10.1. The van der Waals surface area contributed by atoms with E-state index in [4.69, 9.17) is 22.4 Å². The standard InChI is InChI=1S/C18H11NO6S2/c20-13-8-11(5-6-12(13)17(24)25)19-15(21)14(27-18(19)26)7-9-1-3-10(4-2-9)16(22)23/h1-8,20H,(H,22,23)(H,24,25). The number of phenols is 1. The Kier molecular flexibility index (Phi) is 4.98. The van der Waals surface area contributed by atoms with Gasteiger partial charge in [-0.3, -0.25) is 9.69 Å². The van der Waals surface area contributed by atoms with Crippen molar-refractivity contribution in [1.82, 2.24) is 0 Å². The van der Waals surface area contributed by atoms with Crippen LogP contribution >= 0.6 is 24.0 Å². The van der Waals surface area contributed by atoms with Crippen molar-refractivity contribution in [2.45, 2.75) is 0 Å². The summed E-state index contributed by atoms with van der Waals surface area (Å²) in [6.45, 7) is 0. The molecule has 7 nitrogen and oxygen atoms in total. The van der Waals surface area contributed by atoms with Crippen molar-refractivity contribution in [1.29, 1.82) is 0 Å². The molecule has 27 heavy (non-hydrogen) atoms. The monoisotopic (exact) mass is 401 g/mol. The van der Waals surface area contributed by atoms with Gasteiger partial charge in [0.15, 0.2) is 4.32 Å². The Morgan fingerprint density at radius 3 is 2.26 bits per heavy atom. The van der Waals surface area contributed by atoms with E-state index in [1.54, 1.807) is 18.2 Å². The zero-order valence-electron chi connectivity index (χ0n) is 13.4. The summed E-state index contributed by atoms with van der Waals surface area (Å²) >= 11 is 6.28. The van der Waals surface area contributed by atoms with E-state index in [2.05, 4.69) is 0 Å². The first-order valence-electron chi connectivity index (χ1n) is 7.45. The van der Waals surface area contributed by atoms with Gasteiger partial charge in [0.1, 0.15) is 11.3 Å². The maximum absolute atomic E-state index is 12.7. The zero-order valence-corrected chi connectivity index (χ0v) is 15.1. The molecular formula is C18H11NO6S2. The van der Waals surface area contributed by atoms with E-state index in [1.165, 1.54) is 35.2 Å². The molecule has 136 valence electrons. The van der Waals surface area contributed by atoms with Crippen LogP contribution in [0.25, 0.3) is 6.08 Å². The van der Waals surface area contributed by atoms with Gasteiger partial charge in [-0.15, -0.1) is 0 Å². The number of benzene rings is 2. The van der Waals surface area contributed by atoms with Crippen LogP contribution in [-0.4, -0.2) is 37.5 Å². The second-order valence-corrected chi connectivity index (χ2v) is 7.13. The highest BCUT2D eigenvalue weighted by atomic mass is 32.2. The minimum atomic E-state index is -1.28. The van der Waals surface area contributed by atoms with Crippen molar-refractivity contribution >= 4 is 57.9 Å². The molecular weight excluding hydrogens is 390 g/mol. The Balaban J connectivity index is 1.90. The largest absolute Gasteiger partial charge is 0.507 e.